The highest BCUT2D eigenvalue weighted by atomic mass is 16.3. The number of aryl methyl sites for hydroxylation is 1. The molecule has 1 aromatic rings. The normalized spacial score (nSPS) is 25.5. The number of rotatable bonds is 1. The van der Waals surface area contributed by atoms with Crippen LogP contribution in [0.3, 0.4) is 0 Å². The number of fused-ring (bicyclic) bond motifs is 1. The van der Waals surface area contributed by atoms with E-state index in [9.17, 15) is 5.11 Å². The Labute approximate surface area is 78.6 Å². The van der Waals surface area contributed by atoms with Gasteiger partial charge in [0.25, 0.3) is 0 Å². The molecule has 0 saturated carbocycles. The summed E-state index contributed by atoms with van der Waals surface area (Å²) in [4.78, 5) is 0. The van der Waals surface area contributed by atoms with E-state index in [2.05, 4.69) is 30.4 Å². The van der Waals surface area contributed by atoms with Crippen molar-refractivity contribution >= 4 is 5.69 Å². The highest BCUT2D eigenvalue weighted by Gasteiger charge is 2.30. The van der Waals surface area contributed by atoms with Gasteiger partial charge in [0, 0.05) is 5.69 Å². The molecule has 1 atom stereocenters. The number of aliphatic hydroxyl groups excluding tert-OH is 1. The van der Waals surface area contributed by atoms with Crippen molar-refractivity contribution in [1.82, 2.24) is 0 Å². The molecule has 1 aliphatic rings. The van der Waals surface area contributed by atoms with E-state index >= 15 is 0 Å². The number of hydrogen-bond acceptors (Lipinski definition) is 2. The van der Waals surface area contributed by atoms with Crippen molar-refractivity contribution in [2.24, 2.45) is 0 Å². The van der Waals surface area contributed by atoms with E-state index < -0.39 is 0 Å². The maximum Gasteiger partial charge on any atom is 0.0662 e. The summed E-state index contributed by atoms with van der Waals surface area (Å²) >= 11 is 0. The van der Waals surface area contributed by atoms with Crippen LogP contribution in [0.2, 0.25) is 0 Å². The molecule has 1 aromatic carbocycles. The van der Waals surface area contributed by atoms with Crippen molar-refractivity contribution in [3.63, 3.8) is 0 Å². The third-order valence-electron chi connectivity index (χ3n) is 2.63. The molecule has 0 saturated heterocycles. The molecule has 0 radical (unpaired) electrons. The molecule has 2 rings (SSSR count). The molecule has 1 heterocycles. The van der Waals surface area contributed by atoms with Gasteiger partial charge in [-0.1, -0.05) is 17.7 Å². The van der Waals surface area contributed by atoms with Crippen LogP contribution in [-0.2, 0) is 6.42 Å². The van der Waals surface area contributed by atoms with Gasteiger partial charge in [-0.3, -0.25) is 0 Å². The summed E-state index contributed by atoms with van der Waals surface area (Å²) in [5.74, 6) is 0. The molecule has 2 nitrogen and oxygen atoms in total. The van der Waals surface area contributed by atoms with Crippen LogP contribution in [0.25, 0.3) is 0 Å². The van der Waals surface area contributed by atoms with E-state index in [1.165, 1.54) is 16.8 Å². The largest absolute Gasteiger partial charge is 0.394 e. The van der Waals surface area contributed by atoms with Crippen LogP contribution in [-0.4, -0.2) is 17.3 Å². The fourth-order valence-electron chi connectivity index (χ4n) is 1.88. The van der Waals surface area contributed by atoms with Crippen LogP contribution in [0.4, 0.5) is 5.69 Å². The summed E-state index contributed by atoms with van der Waals surface area (Å²) in [6.45, 7) is 4.32. The first-order valence-electron chi connectivity index (χ1n) is 4.61. The molecular weight excluding hydrogens is 162 g/mol. The van der Waals surface area contributed by atoms with Crippen molar-refractivity contribution in [2.45, 2.75) is 25.8 Å². The van der Waals surface area contributed by atoms with Crippen molar-refractivity contribution in [2.75, 3.05) is 11.9 Å². The number of benzene rings is 1. The Hall–Kier alpha value is -1.02. The van der Waals surface area contributed by atoms with Crippen LogP contribution < -0.4 is 5.32 Å². The Balaban J connectivity index is 2.35. The van der Waals surface area contributed by atoms with Gasteiger partial charge in [-0.25, -0.2) is 0 Å². The maximum atomic E-state index is 9.20. The molecule has 0 amide bonds. The SMILES string of the molecule is Cc1ccc2c(c1)CC(C)(CO)N2. The topological polar surface area (TPSA) is 32.3 Å². The lowest BCUT2D eigenvalue weighted by Gasteiger charge is -2.21. The Morgan fingerprint density at radius 1 is 1.54 bits per heavy atom. The molecule has 2 N–H and O–H groups in total. The molecule has 1 unspecified atom stereocenters. The molecule has 1 aliphatic heterocycles. The van der Waals surface area contributed by atoms with Crippen LogP contribution in [0.5, 0.6) is 0 Å². The summed E-state index contributed by atoms with van der Waals surface area (Å²) < 4.78 is 0. The van der Waals surface area contributed by atoms with Gasteiger partial charge in [0.15, 0.2) is 0 Å². The second-order valence-electron chi connectivity index (χ2n) is 4.18. The van der Waals surface area contributed by atoms with Gasteiger partial charge in [0.05, 0.1) is 12.1 Å². The van der Waals surface area contributed by atoms with Crippen molar-refractivity contribution in [1.29, 1.82) is 0 Å². The Kier molecular flexibility index (Phi) is 1.81. The van der Waals surface area contributed by atoms with Crippen molar-refractivity contribution in [3.05, 3.63) is 29.3 Å². The Morgan fingerprint density at radius 2 is 2.31 bits per heavy atom. The highest BCUT2D eigenvalue weighted by Crippen LogP contribution is 2.32. The van der Waals surface area contributed by atoms with Crippen LogP contribution in [0, 0.1) is 6.92 Å². The number of nitrogens with one attached hydrogen (secondary N) is 1. The van der Waals surface area contributed by atoms with Gasteiger partial charge in [-0.05, 0) is 31.9 Å². The average Bonchev–Trinajstić information content (AvgIpc) is 2.42. The fraction of sp³-hybridized carbons (Fsp3) is 0.455. The third-order valence-corrected chi connectivity index (χ3v) is 2.63. The first kappa shape index (κ1) is 8.57. The summed E-state index contributed by atoms with van der Waals surface area (Å²) in [6, 6.07) is 6.36. The second-order valence-corrected chi connectivity index (χ2v) is 4.18. The zero-order valence-electron chi connectivity index (χ0n) is 8.09. The van der Waals surface area contributed by atoms with E-state index in [-0.39, 0.29) is 12.1 Å². The zero-order valence-corrected chi connectivity index (χ0v) is 8.09. The molecule has 2 heteroatoms. The van der Waals surface area contributed by atoms with Gasteiger partial charge in [0.2, 0.25) is 0 Å². The maximum absolute atomic E-state index is 9.20. The Bertz CT molecular complexity index is 335. The van der Waals surface area contributed by atoms with Gasteiger partial charge in [0.1, 0.15) is 0 Å². The fourth-order valence-corrected chi connectivity index (χ4v) is 1.88. The summed E-state index contributed by atoms with van der Waals surface area (Å²) in [5.41, 5.74) is 3.61. The monoisotopic (exact) mass is 177 g/mol. The van der Waals surface area contributed by atoms with Crippen molar-refractivity contribution < 1.29 is 5.11 Å². The molecule has 0 bridgehead atoms. The molecule has 0 fully saturated rings. The predicted molar refractivity (Wildman–Crippen MR) is 54.0 cm³/mol. The van der Waals surface area contributed by atoms with Crippen LogP contribution >= 0.6 is 0 Å². The summed E-state index contributed by atoms with van der Waals surface area (Å²) in [5, 5.41) is 12.5. The van der Waals surface area contributed by atoms with E-state index in [0.717, 1.165) is 6.42 Å². The minimum Gasteiger partial charge on any atom is -0.394 e. The number of hydrogen-bond donors (Lipinski definition) is 2. The minimum atomic E-state index is -0.157. The predicted octanol–water partition coefficient (Wildman–Crippen LogP) is 1.71. The number of anilines is 1. The van der Waals surface area contributed by atoms with E-state index in [1.54, 1.807) is 0 Å². The summed E-state index contributed by atoms with van der Waals surface area (Å²) in [6.07, 6.45) is 0.917. The van der Waals surface area contributed by atoms with Crippen molar-refractivity contribution in [3.8, 4) is 0 Å². The highest BCUT2D eigenvalue weighted by molar-refractivity contribution is 5.59. The standard InChI is InChI=1S/C11H15NO/c1-8-3-4-10-9(5-8)6-11(2,7-13)12-10/h3-5,12-13H,6-7H2,1-2H3. The van der Waals surface area contributed by atoms with Gasteiger partial charge in [-0.15, -0.1) is 0 Å². The lowest BCUT2D eigenvalue weighted by Crippen LogP contribution is -2.36. The molecule has 0 aliphatic carbocycles. The smallest absolute Gasteiger partial charge is 0.0662 e. The van der Waals surface area contributed by atoms with E-state index in [0.29, 0.717) is 0 Å². The third kappa shape index (κ3) is 1.42. The first-order valence-corrected chi connectivity index (χ1v) is 4.61. The van der Waals surface area contributed by atoms with Gasteiger partial charge >= 0.3 is 0 Å². The first-order chi connectivity index (χ1) is 6.13. The van der Waals surface area contributed by atoms with Gasteiger partial charge in [-0.2, -0.15) is 0 Å². The molecular formula is C11H15NO. The van der Waals surface area contributed by atoms with Crippen LogP contribution in [0.1, 0.15) is 18.1 Å². The quantitative estimate of drug-likeness (QED) is 0.684. The van der Waals surface area contributed by atoms with E-state index in [1.807, 2.05) is 6.92 Å². The second kappa shape index (κ2) is 2.74. The summed E-state index contributed by atoms with van der Waals surface area (Å²) in [7, 11) is 0. The lowest BCUT2D eigenvalue weighted by atomic mass is 9.98. The van der Waals surface area contributed by atoms with Gasteiger partial charge < -0.3 is 10.4 Å². The minimum absolute atomic E-state index is 0.157. The zero-order chi connectivity index (χ0) is 9.47. The molecule has 70 valence electrons. The average molecular weight is 177 g/mol. The molecule has 13 heavy (non-hydrogen) atoms. The lowest BCUT2D eigenvalue weighted by molar-refractivity contribution is 0.227. The Morgan fingerprint density at radius 3 is 3.00 bits per heavy atom. The number of aliphatic hydroxyl groups is 1. The molecule has 0 spiro atoms. The van der Waals surface area contributed by atoms with Crippen LogP contribution in [0.15, 0.2) is 18.2 Å². The molecule has 0 aromatic heterocycles. The van der Waals surface area contributed by atoms with E-state index in [4.69, 9.17) is 0 Å².